The first kappa shape index (κ1) is 20.2. The number of nitrogens with one attached hydrogen (secondary N) is 1. The molecule has 1 N–H and O–H groups in total. The average Bonchev–Trinajstić information content (AvgIpc) is 3.21. The molecule has 0 radical (unpaired) electrons. The maximum absolute atomic E-state index is 13.1. The van der Waals surface area contributed by atoms with Gasteiger partial charge in [-0.05, 0) is 37.1 Å². The molecule has 9 heteroatoms. The highest BCUT2D eigenvalue weighted by molar-refractivity contribution is 7.89. The summed E-state index contributed by atoms with van der Waals surface area (Å²) >= 11 is 0. The monoisotopic (exact) mass is 426 g/mol. The topological polar surface area (TPSA) is 105 Å². The van der Waals surface area contributed by atoms with Crippen LogP contribution in [0.4, 0.5) is 5.69 Å². The van der Waals surface area contributed by atoms with E-state index in [9.17, 15) is 13.2 Å². The fourth-order valence-corrected chi connectivity index (χ4v) is 5.00. The largest absolute Gasteiger partial charge is 0.339 e. The van der Waals surface area contributed by atoms with Crippen LogP contribution in [0.15, 0.2) is 64.0 Å². The van der Waals surface area contributed by atoms with Crippen molar-refractivity contribution in [3.8, 4) is 11.4 Å². The molecule has 1 fully saturated rings. The molecule has 30 heavy (non-hydrogen) atoms. The average molecular weight is 426 g/mol. The van der Waals surface area contributed by atoms with Crippen LogP contribution in [0.2, 0.25) is 0 Å². The third-order valence-electron chi connectivity index (χ3n) is 5.12. The molecule has 0 saturated carbocycles. The van der Waals surface area contributed by atoms with E-state index < -0.39 is 10.0 Å². The van der Waals surface area contributed by atoms with Crippen molar-refractivity contribution in [2.24, 2.45) is 5.92 Å². The minimum absolute atomic E-state index is 0.0762. The van der Waals surface area contributed by atoms with Gasteiger partial charge in [-0.1, -0.05) is 35.5 Å². The predicted molar refractivity (Wildman–Crippen MR) is 111 cm³/mol. The van der Waals surface area contributed by atoms with Crippen molar-refractivity contribution in [1.82, 2.24) is 14.4 Å². The van der Waals surface area contributed by atoms with Crippen LogP contribution in [0, 0.1) is 12.8 Å². The van der Waals surface area contributed by atoms with E-state index in [1.54, 1.807) is 31.2 Å². The van der Waals surface area contributed by atoms with Crippen LogP contribution in [-0.2, 0) is 14.8 Å². The fourth-order valence-electron chi connectivity index (χ4n) is 3.49. The van der Waals surface area contributed by atoms with E-state index in [4.69, 9.17) is 4.52 Å². The minimum Gasteiger partial charge on any atom is -0.339 e. The van der Waals surface area contributed by atoms with Gasteiger partial charge in [0.15, 0.2) is 0 Å². The van der Waals surface area contributed by atoms with E-state index in [1.165, 1.54) is 4.31 Å². The van der Waals surface area contributed by atoms with Gasteiger partial charge < -0.3 is 9.84 Å². The van der Waals surface area contributed by atoms with Crippen molar-refractivity contribution in [1.29, 1.82) is 0 Å². The zero-order valence-electron chi connectivity index (χ0n) is 16.5. The molecule has 0 atom stereocenters. The number of piperidine rings is 1. The summed E-state index contributed by atoms with van der Waals surface area (Å²) in [4.78, 5) is 16.8. The third-order valence-corrected chi connectivity index (χ3v) is 7.02. The van der Waals surface area contributed by atoms with Crippen LogP contribution in [-0.4, -0.2) is 41.9 Å². The first-order valence-electron chi connectivity index (χ1n) is 9.70. The van der Waals surface area contributed by atoms with Gasteiger partial charge in [-0.2, -0.15) is 9.29 Å². The zero-order valence-corrected chi connectivity index (χ0v) is 17.3. The number of anilines is 1. The van der Waals surface area contributed by atoms with Gasteiger partial charge in [-0.25, -0.2) is 8.42 Å². The highest BCUT2D eigenvalue weighted by atomic mass is 32.2. The van der Waals surface area contributed by atoms with Crippen LogP contribution in [0.5, 0.6) is 0 Å². The van der Waals surface area contributed by atoms with Crippen molar-refractivity contribution < 1.29 is 17.7 Å². The molecule has 1 saturated heterocycles. The van der Waals surface area contributed by atoms with E-state index in [1.807, 2.05) is 30.3 Å². The molecule has 4 rings (SSSR count). The Morgan fingerprint density at radius 2 is 1.83 bits per heavy atom. The van der Waals surface area contributed by atoms with E-state index in [0.29, 0.717) is 43.2 Å². The lowest BCUT2D eigenvalue weighted by Crippen LogP contribution is -2.41. The highest BCUT2D eigenvalue weighted by Gasteiger charge is 2.32. The van der Waals surface area contributed by atoms with E-state index >= 15 is 0 Å². The number of benzene rings is 2. The number of sulfonamides is 1. The first-order valence-corrected chi connectivity index (χ1v) is 11.1. The summed E-state index contributed by atoms with van der Waals surface area (Å²) < 4.78 is 32.6. The second-order valence-electron chi connectivity index (χ2n) is 7.20. The number of nitrogens with zero attached hydrogens (tertiary/aromatic N) is 3. The Kier molecular flexibility index (Phi) is 5.65. The number of amides is 1. The molecule has 0 bridgehead atoms. The Bertz CT molecular complexity index is 1140. The number of carbonyl (C=O) groups is 1. The quantitative estimate of drug-likeness (QED) is 0.672. The summed E-state index contributed by atoms with van der Waals surface area (Å²) in [7, 11) is -3.68. The summed E-state index contributed by atoms with van der Waals surface area (Å²) in [6.45, 7) is 2.26. The summed E-state index contributed by atoms with van der Waals surface area (Å²) in [6.07, 6.45) is 0.948. The SMILES string of the molecule is Cc1nc(-c2cccc(S(=O)(=O)N3CCC(C(=O)Nc4ccccc4)CC3)c2)no1. The second-order valence-corrected chi connectivity index (χ2v) is 9.14. The van der Waals surface area contributed by atoms with Crippen LogP contribution >= 0.6 is 0 Å². The lowest BCUT2D eigenvalue weighted by atomic mass is 9.97. The van der Waals surface area contributed by atoms with Crippen molar-refractivity contribution in [3.63, 3.8) is 0 Å². The highest BCUT2D eigenvalue weighted by Crippen LogP contribution is 2.27. The normalized spacial score (nSPS) is 15.8. The summed E-state index contributed by atoms with van der Waals surface area (Å²) in [5.41, 5.74) is 1.32. The Hall–Kier alpha value is -3.04. The second kappa shape index (κ2) is 8.37. The number of aromatic nitrogens is 2. The Morgan fingerprint density at radius 1 is 1.10 bits per heavy atom. The number of carbonyl (C=O) groups excluding carboxylic acids is 1. The van der Waals surface area contributed by atoms with Crippen LogP contribution < -0.4 is 5.32 Å². The molecule has 2 aromatic carbocycles. The maximum atomic E-state index is 13.1. The predicted octanol–water partition coefficient (Wildman–Crippen LogP) is 3.08. The molecule has 8 nitrogen and oxygen atoms in total. The van der Waals surface area contributed by atoms with Crippen LogP contribution in [0.1, 0.15) is 18.7 Å². The van der Waals surface area contributed by atoms with Gasteiger partial charge in [0.05, 0.1) is 4.90 Å². The van der Waals surface area contributed by atoms with Crippen molar-refractivity contribution in [2.45, 2.75) is 24.7 Å². The third kappa shape index (κ3) is 4.27. The minimum atomic E-state index is -3.68. The van der Waals surface area contributed by atoms with E-state index in [0.717, 1.165) is 5.69 Å². The van der Waals surface area contributed by atoms with E-state index in [2.05, 4.69) is 15.5 Å². The van der Waals surface area contributed by atoms with Gasteiger partial charge in [0.25, 0.3) is 0 Å². The van der Waals surface area contributed by atoms with Crippen molar-refractivity contribution >= 4 is 21.6 Å². The molecule has 2 heterocycles. The molecule has 1 aromatic heterocycles. The lowest BCUT2D eigenvalue weighted by molar-refractivity contribution is -0.120. The molecular formula is C21H22N4O4S. The molecule has 0 aliphatic carbocycles. The van der Waals surface area contributed by atoms with E-state index in [-0.39, 0.29) is 16.7 Å². The number of hydrogen-bond donors (Lipinski definition) is 1. The Labute approximate surface area is 175 Å². The van der Waals surface area contributed by atoms with Crippen LogP contribution in [0.3, 0.4) is 0 Å². The van der Waals surface area contributed by atoms with Gasteiger partial charge >= 0.3 is 0 Å². The molecule has 0 spiro atoms. The lowest BCUT2D eigenvalue weighted by Gasteiger charge is -2.30. The molecule has 1 aliphatic heterocycles. The van der Waals surface area contributed by atoms with Gasteiger partial charge in [0.1, 0.15) is 0 Å². The number of hydrogen-bond acceptors (Lipinski definition) is 6. The van der Waals surface area contributed by atoms with Crippen LogP contribution in [0.25, 0.3) is 11.4 Å². The standard InChI is InChI=1S/C21H22N4O4S/c1-15-22-20(24-29-15)17-6-5-9-19(14-17)30(27,28)25-12-10-16(11-13-25)21(26)23-18-7-3-2-4-8-18/h2-9,14,16H,10-13H2,1H3,(H,23,26). The van der Waals surface area contributed by atoms with Gasteiger partial charge in [0.2, 0.25) is 27.6 Å². The smallest absolute Gasteiger partial charge is 0.243 e. The first-order chi connectivity index (χ1) is 14.4. The molecule has 3 aromatic rings. The summed E-state index contributed by atoms with van der Waals surface area (Å²) in [5.74, 6) is 0.466. The van der Waals surface area contributed by atoms with Gasteiger partial charge in [0, 0.05) is 37.2 Å². The van der Waals surface area contributed by atoms with Crippen molar-refractivity contribution in [3.05, 3.63) is 60.5 Å². The maximum Gasteiger partial charge on any atom is 0.243 e. The van der Waals surface area contributed by atoms with Gasteiger partial charge in [-0.15, -0.1) is 0 Å². The molecule has 156 valence electrons. The number of aryl methyl sites for hydroxylation is 1. The molecule has 0 unspecified atom stereocenters. The number of para-hydroxylation sites is 1. The number of rotatable bonds is 5. The van der Waals surface area contributed by atoms with Crippen molar-refractivity contribution in [2.75, 3.05) is 18.4 Å². The molecule has 1 aliphatic rings. The molecule has 1 amide bonds. The van der Waals surface area contributed by atoms with Gasteiger partial charge in [-0.3, -0.25) is 4.79 Å². The zero-order chi connectivity index (χ0) is 21.1. The Balaban J connectivity index is 1.43. The fraction of sp³-hybridized carbons (Fsp3) is 0.286. The summed E-state index contributed by atoms with van der Waals surface area (Å²) in [5, 5.41) is 6.74. The molecular weight excluding hydrogens is 404 g/mol. The summed E-state index contributed by atoms with van der Waals surface area (Å²) in [6, 6.07) is 15.8. The Morgan fingerprint density at radius 3 is 2.50 bits per heavy atom.